The smallest absolute Gasteiger partial charge is 0.336 e. The first-order valence-corrected chi connectivity index (χ1v) is 9.12. The van der Waals surface area contributed by atoms with Gasteiger partial charge in [0.15, 0.2) is 0 Å². The van der Waals surface area contributed by atoms with Crippen molar-refractivity contribution in [2.45, 2.75) is 58.3 Å². The Bertz CT molecular complexity index is 864. The number of ether oxygens (including phenoxy) is 2. The lowest BCUT2D eigenvalue weighted by atomic mass is 9.93. The quantitative estimate of drug-likeness (QED) is 0.601. The van der Waals surface area contributed by atoms with Gasteiger partial charge in [-0.1, -0.05) is 17.7 Å². The molecule has 2 aliphatic rings. The number of aryl methyl sites for hydroxylation is 1. The zero-order valence-corrected chi connectivity index (χ0v) is 16.2. The molecule has 1 unspecified atom stereocenters. The van der Waals surface area contributed by atoms with Gasteiger partial charge >= 0.3 is 5.97 Å². The summed E-state index contributed by atoms with van der Waals surface area (Å²) >= 11 is 0. The van der Waals surface area contributed by atoms with Gasteiger partial charge in [-0.3, -0.25) is 0 Å². The Kier molecular flexibility index (Phi) is 4.91. The molecule has 2 N–H and O–H groups in total. The molecule has 0 bridgehead atoms. The van der Waals surface area contributed by atoms with E-state index in [0.29, 0.717) is 5.57 Å². The number of hydrogen-bond donors (Lipinski definition) is 2. The van der Waals surface area contributed by atoms with Crippen LogP contribution in [0.2, 0.25) is 0 Å². The molecule has 0 saturated heterocycles. The van der Waals surface area contributed by atoms with Crippen LogP contribution in [-0.2, 0) is 9.53 Å². The number of cyclic esters (lactones) is 1. The summed E-state index contributed by atoms with van der Waals surface area (Å²) in [5, 5.41) is 20.2. The summed E-state index contributed by atoms with van der Waals surface area (Å²) in [6.07, 6.45) is 9.25. The average molecular weight is 370 g/mol. The average Bonchev–Trinajstić information content (AvgIpc) is 2.81. The molecule has 2 heterocycles. The fraction of sp³-hybridized carbons (Fsp3) is 0.409. The van der Waals surface area contributed by atoms with E-state index < -0.39 is 17.4 Å². The molecule has 0 aromatic heterocycles. The molecule has 0 saturated carbocycles. The number of aromatic hydroxyl groups is 1. The van der Waals surface area contributed by atoms with E-state index in [9.17, 15) is 15.0 Å². The number of aliphatic hydroxyl groups is 1. The number of benzene rings is 1. The molecule has 2 aliphatic heterocycles. The fourth-order valence-corrected chi connectivity index (χ4v) is 3.42. The maximum Gasteiger partial charge on any atom is 0.336 e. The molecule has 0 spiro atoms. The van der Waals surface area contributed by atoms with Crippen molar-refractivity contribution in [3.05, 3.63) is 52.6 Å². The minimum absolute atomic E-state index is 0.255. The lowest BCUT2D eigenvalue weighted by Gasteiger charge is -2.32. The van der Waals surface area contributed by atoms with Gasteiger partial charge in [-0.2, -0.15) is 0 Å². The van der Waals surface area contributed by atoms with Gasteiger partial charge in [0, 0.05) is 17.6 Å². The number of esters is 1. The highest BCUT2D eigenvalue weighted by molar-refractivity contribution is 5.90. The van der Waals surface area contributed by atoms with Crippen LogP contribution in [0.5, 0.6) is 11.5 Å². The van der Waals surface area contributed by atoms with Crippen LogP contribution in [0.25, 0.3) is 6.08 Å². The molecule has 5 heteroatoms. The summed E-state index contributed by atoms with van der Waals surface area (Å²) in [5.41, 5.74) is 2.58. The van der Waals surface area contributed by atoms with E-state index in [1.807, 2.05) is 45.1 Å². The molecule has 0 aliphatic carbocycles. The lowest BCUT2D eigenvalue weighted by molar-refractivity contribution is -0.177. The maximum absolute atomic E-state index is 11.5. The van der Waals surface area contributed by atoms with E-state index in [-0.39, 0.29) is 12.2 Å². The molecule has 2 atom stereocenters. The van der Waals surface area contributed by atoms with E-state index in [1.165, 1.54) is 6.08 Å². The summed E-state index contributed by atoms with van der Waals surface area (Å²) in [7, 11) is 0. The first-order valence-electron chi connectivity index (χ1n) is 9.12. The van der Waals surface area contributed by atoms with Crippen molar-refractivity contribution in [2.24, 2.45) is 0 Å². The third kappa shape index (κ3) is 4.25. The summed E-state index contributed by atoms with van der Waals surface area (Å²) in [5.74, 6) is -0.980. The van der Waals surface area contributed by atoms with Gasteiger partial charge in [-0.15, -0.1) is 0 Å². The number of hydrogen-bond acceptors (Lipinski definition) is 5. The van der Waals surface area contributed by atoms with Crippen LogP contribution in [0.3, 0.4) is 0 Å². The Morgan fingerprint density at radius 3 is 2.67 bits per heavy atom. The standard InChI is InChI=1S/C22H26O5/c1-14(12-22(25)13-16(3)20(24)27-22)6-5-8-21(4)9-7-17-11-18(23)15(2)10-19(17)26-21/h6-7,9-11,13,23,25H,5,8,12H2,1-4H3/b14-6+/t21-,22?/m1/s1. The minimum atomic E-state index is -1.54. The molecule has 3 rings (SSSR count). The minimum Gasteiger partial charge on any atom is -0.508 e. The van der Waals surface area contributed by atoms with Crippen molar-refractivity contribution in [3.63, 3.8) is 0 Å². The highest BCUT2D eigenvalue weighted by Crippen LogP contribution is 2.37. The van der Waals surface area contributed by atoms with Crippen LogP contribution < -0.4 is 4.74 Å². The largest absolute Gasteiger partial charge is 0.508 e. The number of carbonyl (C=O) groups is 1. The van der Waals surface area contributed by atoms with Crippen molar-refractivity contribution in [1.82, 2.24) is 0 Å². The van der Waals surface area contributed by atoms with Crippen molar-refractivity contribution in [1.29, 1.82) is 0 Å². The predicted molar refractivity (Wildman–Crippen MR) is 103 cm³/mol. The van der Waals surface area contributed by atoms with Crippen LogP contribution in [-0.4, -0.2) is 27.6 Å². The lowest BCUT2D eigenvalue weighted by Crippen LogP contribution is -2.31. The summed E-state index contributed by atoms with van der Waals surface area (Å²) in [4.78, 5) is 11.5. The van der Waals surface area contributed by atoms with Crippen molar-refractivity contribution in [2.75, 3.05) is 0 Å². The van der Waals surface area contributed by atoms with E-state index in [1.54, 1.807) is 13.0 Å². The Balaban J connectivity index is 1.61. The predicted octanol–water partition coefficient (Wildman–Crippen LogP) is 4.17. The second kappa shape index (κ2) is 6.89. The molecule has 144 valence electrons. The highest BCUT2D eigenvalue weighted by Gasteiger charge is 2.36. The number of allylic oxidation sites excluding steroid dienone is 1. The van der Waals surface area contributed by atoms with Crippen molar-refractivity contribution in [3.8, 4) is 11.5 Å². The number of fused-ring (bicyclic) bond motifs is 1. The SMILES string of the molecule is CC1=CC(O)(C/C(C)=C/CC[C@]2(C)C=Cc3cc(O)c(C)cc3O2)OC1=O. The first kappa shape index (κ1) is 19.2. The van der Waals surface area contributed by atoms with Crippen LogP contribution in [0, 0.1) is 6.92 Å². The van der Waals surface area contributed by atoms with Crippen LogP contribution in [0.15, 0.2) is 41.5 Å². The van der Waals surface area contributed by atoms with E-state index in [0.717, 1.165) is 35.3 Å². The highest BCUT2D eigenvalue weighted by atomic mass is 16.7. The first-order chi connectivity index (χ1) is 12.6. The molecular formula is C22H26O5. The zero-order valence-electron chi connectivity index (χ0n) is 16.2. The molecule has 1 aromatic rings. The van der Waals surface area contributed by atoms with Gasteiger partial charge in [-0.25, -0.2) is 4.79 Å². The third-order valence-electron chi connectivity index (χ3n) is 4.99. The normalized spacial score (nSPS) is 27.1. The van der Waals surface area contributed by atoms with E-state index in [2.05, 4.69) is 0 Å². The topological polar surface area (TPSA) is 76.0 Å². The van der Waals surface area contributed by atoms with Crippen LogP contribution >= 0.6 is 0 Å². The monoisotopic (exact) mass is 370 g/mol. The van der Waals surface area contributed by atoms with Gasteiger partial charge in [0.1, 0.15) is 17.1 Å². The summed E-state index contributed by atoms with van der Waals surface area (Å²) < 4.78 is 11.2. The molecule has 27 heavy (non-hydrogen) atoms. The zero-order chi connectivity index (χ0) is 19.8. The van der Waals surface area contributed by atoms with Gasteiger partial charge in [0.25, 0.3) is 0 Å². The van der Waals surface area contributed by atoms with Crippen molar-refractivity contribution >= 4 is 12.0 Å². The molecular weight excluding hydrogens is 344 g/mol. The molecule has 0 radical (unpaired) electrons. The second-order valence-electron chi connectivity index (χ2n) is 7.75. The van der Waals surface area contributed by atoms with Gasteiger partial charge in [-0.05, 0) is 70.4 Å². The Morgan fingerprint density at radius 1 is 1.26 bits per heavy atom. The second-order valence-corrected chi connectivity index (χ2v) is 7.75. The van der Waals surface area contributed by atoms with E-state index >= 15 is 0 Å². The summed E-state index contributed by atoms with van der Waals surface area (Å²) in [6.45, 7) is 7.41. The number of rotatable bonds is 5. The number of phenolic OH excluding ortho intramolecular Hbond substituents is 1. The Morgan fingerprint density at radius 2 is 2.00 bits per heavy atom. The Hall–Kier alpha value is -2.53. The molecule has 5 nitrogen and oxygen atoms in total. The molecule has 1 aromatic carbocycles. The number of carbonyl (C=O) groups excluding carboxylic acids is 1. The molecule has 0 amide bonds. The van der Waals surface area contributed by atoms with Crippen LogP contribution in [0.4, 0.5) is 0 Å². The maximum atomic E-state index is 11.5. The van der Waals surface area contributed by atoms with Gasteiger partial charge < -0.3 is 19.7 Å². The van der Waals surface area contributed by atoms with E-state index in [4.69, 9.17) is 9.47 Å². The summed E-state index contributed by atoms with van der Waals surface area (Å²) in [6, 6.07) is 3.57. The fourth-order valence-electron chi connectivity index (χ4n) is 3.42. The van der Waals surface area contributed by atoms with Gasteiger partial charge in [0.05, 0.1) is 0 Å². The number of phenols is 1. The van der Waals surface area contributed by atoms with Crippen LogP contribution in [0.1, 0.15) is 51.2 Å². The Labute approximate surface area is 159 Å². The van der Waals surface area contributed by atoms with Gasteiger partial charge in [0.2, 0.25) is 5.79 Å². The molecule has 0 fully saturated rings. The third-order valence-corrected chi connectivity index (χ3v) is 4.99. The van der Waals surface area contributed by atoms with Crippen molar-refractivity contribution < 1.29 is 24.5 Å².